The second-order valence-corrected chi connectivity index (χ2v) is 9.29. The number of aromatic nitrogens is 3. The van der Waals surface area contributed by atoms with E-state index in [1.165, 1.54) is 18.7 Å². The van der Waals surface area contributed by atoms with Gasteiger partial charge in [0.1, 0.15) is 5.75 Å². The van der Waals surface area contributed by atoms with Gasteiger partial charge in [-0.15, -0.1) is 0 Å². The molecule has 2 aromatic carbocycles. The SMILES string of the molecule is CCCCCSc1n[n+]2c(c(=O)[nH]1)-c1ccccc1N(C(C)=O)C2c1cc(Cl)ccc1OC. The fraction of sp³-hybridized carbons (Fsp3) is 0.333. The highest BCUT2D eigenvalue weighted by Crippen LogP contribution is 2.40. The van der Waals surface area contributed by atoms with E-state index in [0.29, 0.717) is 38.4 Å². The van der Waals surface area contributed by atoms with Crippen LogP contribution in [0.1, 0.15) is 44.8 Å². The number of methoxy groups -OCH3 is 1. The van der Waals surface area contributed by atoms with Crippen molar-refractivity contribution < 1.29 is 14.2 Å². The minimum absolute atomic E-state index is 0.188. The molecule has 1 aliphatic heterocycles. The highest BCUT2D eigenvalue weighted by molar-refractivity contribution is 7.99. The number of unbranched alkanes of at least 4 members (excludes halogenated alkanes) is 2. The molecule has 0 saturated carbocycles. The van der Waals surface area contributed by atoms with Gasteiger partial charge in [0.2, 0.25) is 11.1 Å². The van der Waals surface area contributed by atoms with Gasteiger partial charge in [-0.25, -0.2) is 4.90 Å². The van der Waals surface area contributed by atoms with E-state index in [4.69, 9.17) is 21.4 Å². The molecule has 0 spiro atoms. The molecule has 0 saturated heterocycles. The smallest absolute Gasteiger partial charge is 0.325 e. The van der Waals surface area contributed by atoms with E-state index in [-0.39, 0.29) is 11.5 Å². The molecule has 1 amide bonds. The number of hydrogen-bond acceptors (Lipinski definition) is 5. The summed E-state index contributed by atoms with van der Waals surface area (Å²) in [6.07, 6.45) is 2.52. The van der Waals surface area contributed by atoms with Crippen molar-refractivity contribution in [2.45, 2.75) is 44.4 Å². The van der Waals surface area contributed by atoms with Gasteiger partial charge >= 0.3 is 11.3 Å². The molecule has 1 aromatic heterocycles. The molecule has 0 radical (unpaired) electrons. The van der Waals surface area contributed by atoms with Crippen molar-refractivity contribution in [2.75, 3.05) is 17.8 Å². The lowest BCUT2D eigenvalue weighted by Gasteiger charge is -2.31. The summed E-state index contributed by atoms with van der Waals surface area (Å²) in [6, 6.07) is 12.6. The van der Waals surface area contributed by atoms with Gasteiger partial charge in [-0.3, -0.25) is 14.6 Å². The number of para-hydroxylation sites is 1. The third-order valence-corrected chi connectivity index (χ3v) is 6.74. The number of thioether (sulfide) groups is 1. The summed E-state index contributed by atoms with van der Waals surface area (Å²) < 4.78 is 7.23. The molecule has 0 bridgehead atoms. The van der Waals surface area contributed by atoms with Crippen molar-refractivity contribution in [3.05, 3.63) is 63.4 Å². The third kappa shape index (κ3) is 4.50. The number of carbonyl (C=O) groups excluding carboxylic acids is 1. The van der Waals surface area contributed by atoms with Gasteiger partial charge in [0, 0.05) is 22.8 Å². The second kappa shape index (κ2) is 9.97. The Hall–Kier alpha value is -2.84. The van der Waals surface area contributed by atoms with Gasteiger partial charge in [-0.2, -0.15) is 0 Å². The Balaban J connectivity index is 1.96. The van der Waals surface area contributed by atoms with Gasteiger partial charge < -0.3 is 4.74 Å². The molecular weight excluding hydrogens is 460 g/mol. The Morgan fingerprint density at radius 2 is 2.06 bits per heavy atom. The molecule has 4 rings (SSSR count). The van der Waals surface area contributed by atoms with Crippen LogP contribution in [0.2, 0.25) is 5.02 Å². The molecule has 1 unspecified atom stereocenters. The fourth-order valence-electron chi connectivity index (χ4n) is 4.09. The van der Waals surface area contributed by atoms with Crippen LogP contribution in [0.3, 0.4) is 0 Å². The van der Waals surface area contributed by atoms with Gasteiger partial charge in [-0.05, 0) is 41.4 Å². The zero-order chi connectivity index (χ0) is 23.5. The Morgan fingerprint density at radius 3 is 2.79 bits per heavy atom. The molecule has 3 aromatic rings. The molecule has 172 valence electrons. The Labute approximate surface area is 201 Å². The van der Waals surface area contributed by atoms with E-state index in [2.05, 4.69) is 11.9 Å². The minimum atomic E-state index is -0.738. The standard InChI is InChI=1S/C24H25ClN4O3S/c1-4-5-8-13-33-24-26-22(31)21-17-9-6-7-10-19(17)28(15(2)30)23(29(21)27-24)18-14-16(25)11-12-20(18)32-3/h6-7,9-12,14,23H,4-5,8,13H2,1-3H3/p+1. The highest BCUT2D eigenvalue weighted by Gasteiger charge is 2.46. The van der Waals surface area contributed by atoms with Crippen LogP contribution in [0, 0.1) is 0 Å². The van der Waals surface area contributed by atoms with E-state index >= 15 is 0 Å². The van der Waals surface area contributed by atoms with Gasteiger partial charge in [0.05, 0.1) is 23.9 Å². The van der Waals surface area contributed by atoms with Crippen molar-refractivity contribution in [3.63, 3.8) is 0 Å². The molecule has 0 fully saturated rings. The molecule has 7 nitrogen and oxygen atoms in total. The summed E-state index contributed by atoms with van der Waals surface area (Å²) in [5, 5.41) is 5.80. The average Bonchev–Trinajstić information content (AvgIpc) is 2.80. The van der Waals surface area contributed by atoms with Crippen LogP contribution in [-0.4, -0.2) is 28.9 Å². The predicted molar refractivity (Wildman–Crippen MR) is 130 cm³/mol. The molecule has 33 heavy (non-hydrogen) atoms. The quantitative estimate of drug-likeness (QED) is 0.301. The van der Waals surface area contributed by atoms with E-state index in [1.807, 2.05) is 24.3 Å². The molecule has 1 atom stereocenters. The number of benzene rings is 2. The summed E-state index contributed by atoms with van der Waals surface area (Å²) in [7, 11) is 1.56. The molecule has 1 N–H and O–H groups in total. The van der Waals surface area contributed by atoms with E-state index in [9.17, 15) is 9.59 Å². The summed E-state index contributed by atoms with van der Waals surface area (Å²) in [5.74, 6) is 1.20. The lowest BCUT2D eigenvalue weighted by atomic mass is 10.0. The summed E-state index contributed by atoms with van der Waals surface area (Å²) in [5.41, 5.74) is 2.03. The van der Waals surface area contributed by atoms with Gasteiger partial charge in [0.25, 0.3) is 6.17 Å². The third-order valence-electron chi connectivity index (χ3n) is 5.55. The number of fused-ring (bicyclic) bond motifs is 3. The molecule has 1 aliphatic rings. The number of nitrogens with one attached hydrogen (secondary N) is 1. The van der Waals surface area contributed by atoms with Crippen LogP contribution in [-0.2, 0) is 4.79 Å². The molecule has 2 heterocycles. The monoisotopic (exact) mass is 485 g/mol. The number of halogens is 1. The zero-order valence-corrected chi connectivity index (χ0v) is 20.4. The molecule has 9 heteroatoms. The number of carbonyl (C=O) groups is 1. The van der Waals surface area contributed by atoms with Crippen LogP contribution in [0.15, 0.2) is 52.4 Å². The molecular formula is C24H26ClN4O3S+. The van der Waals surface area contributed by atoms with Gasteiger partial charge in [0.15, 0.2) is 0 Å². The largest absolute Gasteiger partial charge is 0.496 e. The first-order valence-corrected chi connectivity index (χ1v) is 12.2. The first kappa shape index (κ1) is 23.3. The number of anilines is 1. The number of ether oxygens (including phenoxy) is 1. The number of hydrogen-bond donors (Lipinski definition) is 1. The average molecular weight is 486 g/mol. The van der Waals surface area contributed by atoms with Crippen molar-refractivity contribution in [1.29, 1.82) is 0 Å². The summed E-state index contributed by atoms with van der Waals surface area (Å²) in [6.45, 7) is 3.65. The topological polar surface area (TPSA) is 79.2 Å². The summed E-state index contributed by atoms with van der Waals surface area (Å²) >= 11 is 7.85. The van der Waals surface area contributed by atoms with E-state index in [1.54, 1.807) is 34.9 Å². The zero-order valence-electron chi connectivity index (χ0n) is 18.8. The highest BCUT2D eigenvalue weighted by atomic mass is 35.5. The Kier molecular flexibility index (Phi) is 7.05. The van der Waals surface area contributed by atoms with Gasteiger partial charge in [-0.1, -0.05) is 55.3 Å². The van der Waals surface area contributed by atoms with Crippen LogP contribution >= 0.6 is 23.4 Å². The fourth-order valence-corrected chi connectivity index (χ4v) is 5.12. The number of nitrogens with zero attached hydrogens (tertiary/aromatic N) is 3. The number of amides is 1. The first-order chi connectivity index (χ1) is 16.0. The maximum Gasteiger partial charge on any atom is 0.325 e. The van der Waals surface area contributed by atoms with Crippen LogP contribution < -0.4 is 19.9 Å². The van der Waals surface area contributed by atoms with Crippen molar-refractivity contribution in [3.8, 4) is 17.0 Å². The number of rotatable bonds is 7. The summed E-state index contributed by atoms with van der Waals surface area (Å²) in [4.78, 5) is 30.9. The number of H-pyrrole nitrogens is 1. The normalized spacial score (nSPS) is 14.5. The Bertz CT molecular complexity index is 1250. The van der Waals surface area contributed by atoms with Crippen molar-refractivity contribution in [2.24, 2.45) is 0 Å². The van der Waals surface area contributed by atoms with Crippen molar-refractivity contribution >= 4 is 35.0 Å². The van der Waals surface area contributed by atoms with E-state index < -0.39 is 6.17 Å². The van der Waals surface area contributed by atoms with Crippen LogP contribution in [0.25, 0.3) is 11.3 Å². The van der Waals surface area contributed by atoms with Crippen LogP contribution in [0.4, 0.5) is 5.69 Å². The first-order valence-electron chi connectivity index (χ1n) is 10.9. The van der Waals surface area contributed by atoms with Crippen molar-refractivity contribution in [1.82, 2.24) is 10.1 Å². The number of aromatic amines is 1. The second-order valence-electron chi connectivity index (χ2n) is 7.77. The lowest BCUT2D eigenvalue weighted by Crippen LogP contribution is -2.60. The molecule has 0 aliphatic carbocycles. The lowest BCUT2D eigenvalue weighted by molar-refractivity contribution is -0.763. The Morgan fingerprint density at radius 1 is 1.27 bits per heavy atom. The maximum atomic E-state index is 13.3. The minimum Gasteiger partial charge on any atom is -0.496 e. The maximum absolute atomic E-state index is 13.3. The van der Waals surface area contributed by atoms with Crippen LogP contribution in [0.5, 0.6) is 5.75 Å². The predicted octanol–water partition coefficient (Wildman–Crippen LogP) is 4.58. The van der Waals surface area contributed by atoms with E-state index in [0.717, 1.165) is 25.0 Å².